The minimum absolute atomic E-state index is 0.0102. The average molecular weight is 467 g/mol. The number of carbonyl (C=O) groups excluding carboxylic acids is 1. The monoisotopic (exact) mass is 466 g/mol. The van der Waals surface area contributed by atoms with Crippen LogP contribution >= 0.6 is 7.82 Å². The molecule has 0 aliphatic carbocycles. The molecule has 31 heavy (non-hydrogen) atoms. The van der Waals surface area contributed by atoms with Crippen LogP contribution in [0.15, 0.2) is 0 Å². The lowest BCUT2D eigenvalue weighted by molar-refractivity contribution is -0.870. The summed E-state index contributed by atoms with van der Waals surface area (Å²) < 4.78 is 22.3. The van der Waals surface area contributed by atoms with Crippen molar-refractivity contribution in [2.45, 2.75) is 96.6 Å². The highest BCUT2D eigenvalue weighted by atomic mass is 31.2. The van der Waals surface area contributed by atoms with Crippen LogP contribution < -0.4 is 10.2 Å². The van der Waals surface area contributed by atoms with Crippen LogP contribution in [-0.2, 0) is 18.4 Å². The largest absolute Gasteiger partial charge is 0.756 e. The summed E-state index contributed by atoms with van der Waals surface area (Å²) in [6, 6.07) is -0.791. The van der Waals surface area contributed by atoms with E-state index in [4.69, 9.17) is 9.05 Å². The van der Waals surface area contributed by atoms with Gasteiger partial charge in [0.15, 0.2) is 0 Å². The normalized spacial score (nSPS) is 16.0. The summed E-state index contributed by atoms with van der Waals surface area (Å²) in [5, 5.41) is 13.0. The van der Waals surface area contributed by atoms with E-state index in [9.17, 15) is 19.4 Å². The number of carbonyl (C=O) groups is 1. The van der Waals surface area contributed by atoms with Crippen LogP contribution in [-0.4, -0.2) is 68.5 Å². The van der Waals surface area contributed by atoms with E-state index in [1.54, 1.807) is 0 Å². The number of aliphatic hydroxyl groups is 1. The predicted octanol–water partition coefficient (Wildman–Crippen LogP) is 3.37. The highest BCUT2D eigenvalue weighted by molar-refractivity contribution is 7.45. The van der Waals surface area contributed by atoms with E-state index in [1.807, 2.05) is 21.1 Å². The zero-order valence-electron chi connectivity index (χ0n) is 20.4. The molecule has 0 radical (unpaired) electrons. The molecule has 1 amide bonds. The first-order valence-corrected chi connectivity index (χ1v) is 13.3. The lowest BCUT2D eigenvalue weighted by Gasteiger charge is -2.29. The van der Waals surface area contributed by atoms with Gasteiger partial charge in [0.05, 0.1) is 39.9 Å². The minimum atomic E-state index is -4.49. The van der Waals surface area contributed by atoms with Gasteiger partial charge in [-0.15, -0.1) is 0 Å². The number of nitrogens with one attached hydrogen (secondary N) is 1. The summed E-state index contributed by atoms with van der Waals surface area (Å²) in [7, 11) is 1.29. The van der Waals surface area contributed by atoms with Gasteiger partial charge in [-0.3, -0.25) is 9.36 Å². The second kappa shape index (κ2) is 17.0. The quantitative estimate of drug-likeness (QED) is 0.162. The number of rotatable bonds is 20. The Hall–Kier alpha value is -0.500. The van der Waals surface area contributed by atoms with Crippen molar-refractivity contribution in [2.24, 2.45) is 0 Å². The number of phosphoric ester groups is 1. The van der Waals surface area contributed by atoms with E-state index in [0.29, 0.717) is 17.4 Å². The molecule has 0 spiro atoms. The maximum Gasteiger partial charge on any atom is 0.268 e. The van der Waals surface area contributed by atoms with Crippen LogP contribution in [0.4, 0.5) is 0 Å². The van der Waals surface area contributed by atoms with Crippen molar-refractivity contribution in [1.29, 1.82) is 0 Å². The van der Waals surface area contributed by atoms with Crippen LogP contribution in [0.3, 0.4) is 0 Å². The maximum atomic E-state index is 12.0. The molecular formula is C22H47N2O6P. The molecule has 0 aromatic heterocycles. The van der Waals surface area contributed by atoms with E-state index in [1.165, 1.54) is 51.9 Å². The molecule has 0 bridgehead atoms. The van der Waals surface area contributed by atoms with Crippen LogP contribution in [0.1, 0.15) is 84.5 Å². The molecule has 0 rings (SSSR count). The molecule has 0 aliphatic heterocycles. The molecule has 0 aliphatic rings. The number of amides is 1. The molecule has 2 N–H and O–H groups in total. The molecule has 0 saturated carbocycles. The molecule has 0 aromatic carbocycles. The topological polar surface area (TPSA) is 108 Å². The van der Waals surface area contributed by atoms with Crippen LogP contribution in [0.25, 0.3) is 0 Å². The second-order valence-corrected chi connectivity index (χ2v) is 10.8. The molecule has 9 heteroatoms. The van der Waals surface area contributed by atoms with Crippen LogP contribution in [0.5, 0.6) is 0 Å². The Kier molecular flexibility index (Phi) is 16.8. The lowest BCUT2D eigenvalue weighted by atomic mass is 10.0. The van der Waals surface area contributed by atoms with Crippen molar-refractivity contribution in [1.82, 2.24) is 5.32 Å². The average Bonchev–Trinajstić information content (AvgIpc) is 2.65. The van der Waals surface area contributed by atoms with Gasteiger partial charge in [-0.1, -0.05) is 71.1 Å². The molecular weight excluding hydrogens is 419 g/mol. The van der Waals surface area contributed by atoms with Gasteiger partial charge >= 0.3 is 0 Å². The smallest absolute Gasteiger partial charge is 0.268 e. The third kappa shape index (κ3) is 19.9. The molecule has 3 atom stereocenters. The van der Waals surface area contributed by atoms with Crippen molar-refractivity contribution in [3.05, 3.63) is 0 Å². The predicted molar refractivity (Wildman–Crippen MR) is 122 cm³/mol. The van der Waals surface area contributed by atoms with E-state index < -0.39 is 20.0 Å². The molecule has 0 aromatic rings. The number of aliphatic hydroxyl groups excluding tert-OH is 1. The van der Waals surface area contributed by atoms with Crippen molar-refractivity contribution >= 4 is 13.7 Å². The fraction of sp³-hybridized carbons (Fsp3) is 0.955. The number of hydrogen-bond acceptors (Lipinski definition) is 6. The Morgan fingerprint density at radius 3 is 2.00 bits per heavy atom. The third-order valence-corrected chi connectivity index (χ3v) is 6.09. The SMILES string of the molecule is CCCCCCCCCCCCC(O)C(COP(=O)([O-])OCC[N+](C)(C)C)NC(C)=O. The first kappa shape index (κ1) is 30.5. The van der Waals surface area contributed by atoms with Gasteiger partial charge in [-0.05, 0) is 6.42 Å². The molecule has 186 valence electrons. The number of nitrogens with zero attached hydrogens (tertiary/aromatic N) is 1. The van der Waals surface area contributed by atoms with Gasteiger partial charge < -0.3 is 28.8 Å². The van der Waals surface area contributed by atoms with Crippen molar-refractivity contribution in [3.63, 3.8) is 0 Å². The fourth-order valence-electron chi connectivity index (χ4n) is 3.19. The number of likely N-dealkylation sites (N-methyl/N-ethyl adjacent to an activating group) is 1. The van der Waals surface area contributed by atoms with Crippen LogP contribution in [0.2, 0.25) is 0 Å². The second-order valence-electron chi connectivity index (χ2n) is 9.44. The molecule has 0 heterocycles. The Balaban J connectivity index is 4.18. The maximum absolute atomic E-state index is 12.0. The van der Waals surface area contributed by atoms with Gasteiger partial charge in [-0.25, -0.2) is 0 Å². The zero-order chi connectivity index (χ0) is 23.8. The molecule has 8 nitrogen and oxygen atoms in total. The highest BCUT2D eigenvalue weighted by Crippen LogP contribution is 2.38. The van der Waals surface area contributed by atoms with Gasteiger partial charge in [-0.2, -0.15) is 0 Å². The van der Waals surface area contributed by atoms with Crippen molar-refractivity contribution in [2.75, 3.05) is 40.9 Å². The van der Waals surface area contributed by atoms with Gasteiger partial charge in [0, 0.05) is 6.92 Å². The number of quaternary nitrogens is 1. The summed E-state index contributed by atoms with van der Waals surface area (Å²) in [5.74, 6) is -0.345. The number of hydrogen-bond donors (Lipinski definition) is 2. The molecule has 0 saturated heterocycles. The standard InChI is InChI=1S/C22H47N2O6P/c1-6-7-8-9-10-11-12-13-14-15-16-22(26)21(23-20(2)25)19-30-31(27,28)29-18-17-24(3,4)5/h21-22,26H,6-19H2,1-5H3,(H-,23,25,27,28). The van der Waals surface area contributed by atoms with Gasteiger partial charge in [0.25, 0.3) is 7.82 Å². The fourth-order valence-corrected chi connectivity index (χ4v) is 3.91. The number of phosphoric acid groups is 1. The lowest BCUT2D eigenvalue weighted by Crippen LogP contribution is -2.45. The third-order valence-electron chi connectivity index (χ3n) is 5.13. The Morgan fingerprint density at radius 1 is 1.00 bits per heavy atom. The zero-order valence-corrected chi connectivity index (χ0v) is 21.3. The summed E-state index contributed by atoms with van der Waals surface area (Å²) in [5.41, 5.74) is 0. The highest BCUT2D eigenvalue weighted by Gasteiger charge is 2.23. The summed E-state index contributed by atoms with van der Waals surface area (Å²) in [4.78, 5) is 23.4. The Morgan fingerprint density at radius 2 is 1.52 bits per heavy atom. The first-order chi connectivity index (χ1) is 14.5. The van der Waals surface area contributed by atoms with Crippen LogP contribution in [0, 0.1) is 0 Å². The van der Waals surface area contributed by atoms with Crippen molar-refractivity contribution in [3.8, 4) is 0 Å². The van der Waals surface area contributed by atoms with Gasteiger partial charge in [0.1, 0.15) is 13.2 Å². The number of unbranched alkanes of at least 4 members (excludes halogenated alkanes) is 9. The first-order valence-electron chi connectivity index (χ1n) is 11.8. The van der Waals surface area contributed by atoms with Crippen molar-refractivity contribution < 1.29 is 32.9 Å². The summed E-state index contributed by atoms with van der Waals surface area (Å²) in [6.07, 6.45) is 11.5. The van der Waals surface area contributed by atoms with E-state index >= 15 is 0 Å². The summed E-state index contributed by atoms with van der Waals surface area (Å²) in [6.45, 7) is 3.72. The Labute approximate surface area is 189 Å². The molecule has 3 unspecified atom stereocenters. The Bertz CT molecular complexity index is 513. The minimum Gasteiger partial charge on any atom is -0.756 e. The molecule has 0 fully saturated rings. The van der Waals surface area contributed by atoms with Gasteiger partial charge in [0.2, 0.25) is 5.91 Å². The summed E-state index contributed by atoms with van der Waals surface area (Å²) >= 11 is 0. The van der Waals surface area contributed by atoms with E-state index in [2.05, 4.69) is 12.2 Å². The van der Waals surface area contributed by atoms with E-state index in [-0.39, 0.29) is 19.1 Å². The van der Waals surface area contributed by atoms with E-state index in [0.717, 1.165) is 19.3 Å².